The first-order valence-electron chi connectivity index (χ1n) is 5.80. The molecule has 17 heavy (non-hydrogen) atoms. The van der Waals surface area contributed by atoms with Crippen molar-refractivity contribution >= 4 is 16.9 Å². The molecule has 0 aromatic carbocycles. The molecular weight excluding hydrogens is 218 g/mol. The molecule has 0 unspecified atom stereocenters. The first-order valence-corrected chi connectivity index (χ1v) is 5.80. The second-order valence-corrected chi connectivity index (χ2v) is 3.94. The number of hydrogen-bond acceptors (Lipinski definition) is 5. The van der Waals surface area contributed by atoms with E-state index in [1.54, 1.807) is 17.2 Å². The number of anilines is 1. The normalized spacial score (nSPS) is 10.9. The van der Waals surface area contributed by atoms with Crippen LogP contribution in [-0.2, 0) is 7.05 Å². The number of rotatable bonds is 6. The Balaban J connectivity index is 1.99. The molecule has 0 spiro atoms. The number of aromatic nitrogens is 4. The minimum absolute atomic E-state index is 0.264. The van der Waals surface area contributed by atoms with Crippen LogP contribution in [0.25, 0.3) is 11.0 Å². The van der Waals surface area contributed by atoms with Gasteiger partial charge in [0.15, 0.2) is 5.65 Å². The van der Waals surface area contributed by atoms with Gasteiger partial charge in [0, 0.05) is 20.2 Å². The highest BCUT2D eigenvalue weighted by atomic mass is 16.2. The zero-order chi connectivity index (χ0) is 12.1. The Kier molecular flexibility index (Phi) is 3.87. The SMILES string of the molecule is Cn1ncc2c(NCCCCCO)ncnc21. The Bertz CT molecular complexity index is 482. The number of hydrogen-bond donors (Lipinski definition) is 2. The van der Waals surface area contributed by atoms with Crippen LogP contribution in [0.15, 0.2) is 12.5 Å². The number of nitrogens with zero attached hydrogens (tertiary/aromatic N) is 4. The Hall–Kier alpha value is -1.69. The summed E-state index contributed by atoms with van der Waals surface area (Å²) in [5.74, 6) is 0.826. The Morgan fingerprint density at radius 2 is 2.18 bits per heavy atom. The first kappa shape index (κ1) is 11.8. The molecule has 0 aliphatic rings. The van der Waals surface area contributed by atoms with E-state index in [0.29, 0.717) is 0 Å². The predicted octanol–water partition coefficient (Wildman–Crippen LogP) is 0.938. The van der Waals surface area contributed by atoms with Crippen LogP contribution in [0, 0.1) is 0 Å². The minimum atomic E-state index is 0.264. The third-order valence-corrected chi connectivity index (χ3v) is 2.66. The highest BCUT2D eigenvalue weighted by Gasteiger charge is 2.06. The highest BCUT2D eigenvalue weighted by Crippen LogP contribution is 2.17. The number of aliphatic hydroxyl groups excluding tert-OH is 1. The van der Waals surface area contributed by atoms with Crippen LogP contribution in [-0.4, -0.2) is 38.0 Å². The molecule has 0 amide bonds. The largest absolute Gasteiger partial charge is 0.396 e. The van der Waals surface area contributed by atoms with Gasteiger partial charge in [-0.3, -0.25) is 4.68 Å². The van der Waals surface area contributed by atoms with Crippen molar-refractivity contribution in [3.8, 4) is 0 Å². The van der Waals surface area contributed by atoms with Gasteiger partial charge in [0.05, 0.1) is 11.6 Å². The fourth-order valence-corrected chi connectivity index (χ4v) is 1.72. The van der Waals surface area contributed by atoms with Crippen molar-refractivity contribution in [1.82, 2.24) is 19.7 Å². The average Bonchev–Trinajstić information content (AvgIpc) is 2.72. The Morgan fingerprint density at radius 3 is 3.00 bits per heavy atom. The van der Waals surface area contributed by atoms with Gasteiger partial charge >= 0.3 is 0 Å². The van der Waals surface area contributed by atoms with Gasteiger partial charge in [-0.1, -0.05) is 0 Å². The molecule has 2 rings (SSSR count). The standard InChI is InChI=1S/C11H17N5O/c1-16-11-9(7-15-16)10(13-8-14-11)12-5-3-2-4-6-17/h7-8,17H,2-6H2,1H3,(H,12,13,14). The van der Waals surface area contributed by atoms with Gasteiger partial charge in [-0.15, -0.1) is 0 Å². The molecule has 92 valence electrons. The van der Waals surface area contributed by atoms with Gasteiger partial charge in [0.25, 0.3) is 0 Å². The van der Waals surface area contributed by atoms with E-state index in [1.165, 1.54) is 0 Å². The smallest absolute Gasteiger partial charge is 0.163 e. The molecule has 0 bridgehead atoms. The summed E-state index contributed by atoms with van der Waals surface area (Å²) in [5, 5.41) is 17.0. The topological polar surface area (TPSA) is 75.9 Å². The molecule has 2 aromatic heterocycles. The van der Waals surface area contributed by atoms with E-state index >= 15 is 0 Å². The number of unbranched alkanes of at least 4 members (excludes halogenated alkanes) is 2. The van der Waals surface area contributed by atoms with Crippen molar-refractivity contribution in [2.75, 3.05) is 18.5 Å². The third-order valence-electron chi connectivity index (χ3n) is 2.66. The molecule has 0 radical (unpaired) electrons. The molecule has 0 saturated heterocycles. The van der Waals surface area contributed by atoms with E-state index in [2.05, 4.69) is 20.4 Å². The summed E-state index contributed by atoms with van der Waals surface area (Å²) >= 11 is 0. The summed E-state index contributed by atoms with van der Waals surface area (Å²) in [6, 6.07) is 0. The zero-order valence-corrected chi connectivity index (χ0v) is 9.93. The fraction of sp³-hybridized carbons (Fsp3) is 0.545. The van der Waals surface area contributed by atoms with Gasteiger partial charge in [0.2, 0.25) is 0 Å². The van der Waals surface area contributed by atoms with Crippen LogP contribution in [0.1, 0.15) is 19.3 Å². The van der Waals surface area contributed by atoms with Crippen molar-refractivity contribution in [3.63, 3.8) is 0 Å². The summed E-state index contributed by atoms with van der Waals surface area (Å²) in [6.07, 6.45) is 6.20. The molecule has 2 heterocycles. The molecular formula is C11H17N5O. The molecule has 2 aromatic rings. The summed E-state index contributed by atoms with van der Waals surface area (Å²) in [7, 11) is 1.86. The zero-order valence-electron chi connectivity index (χ0n) is 9.93. The first-order chi connectivity index (χ1) is 8.33. The van der Waals surface area contributed by atoms with Crippen molar-refractivity contribution in [2.24, 2.45) is 7.05 Å². The lowest BCUT2D eigenvalue weighted by molar-refractivity contribution is 0.283. The molecule has 0 atom stereocenters. The molecule has 0 fully saturated rings. The van der Waals surface area contributed by atoms with Gasteiger partial charge in [-0.25, -0.2) is 9.97 Å². The van der Waals surface area contributed by atoms with Crippen LogP contribution in [0.2, 0.25) is 0 Å². The second kappa shape index (κ2) is 5.58. The maximum absolute atomic E-state index is 8.67. The van der Waals surface area contributed by atoms with Crippen molar-refractivity contribution in [2.45, 2.75) is 19.3 Å². The molecule has 6 nitrogen and oxygen atoms in total. The Labute approximate surface area is 99.7 Å². The lowest BCUT2D eigenvalue weighted by Gasteiger charge is -2.05. The number of nitrogens with one attached hydrogen (secondary N) is 1. The van der Waals surface area contributed by atoms with Crippen LogP contribution in [0.4, 0.5) is 5.82 Å². The lowest BCUT2D eigenvalue weighted by atomic mass is 10.2. The predicted molar refractivity (Wildman–Crippen MR) is 65.7 cm³/mol. The molecule has 6 heteroatoms. The maximum atomic E-state index is 8.67. The monoisotopic (exact) mass is 235 g/mol. The quantitative estimate of drug-likeness (QED) is 0.729. The summed E-state index contributed by atoms with van der Waals surface area (Å²) in [5.41, 5.74) is 0.831. The van der Waals surface area contributed by atoms with E-state index in [-0.39, 0.29) is 6.61 Å². The van der Waals surface area contributed by atoms with Gasteiger partial charge in [0.1, 0.15) is 12.1 Å². The van der Waals surface area contributed by atoms with Crippen LogP contribution >= 0.6 is 0 Å². The van der Waals surface area contributed by atoms with Gasteiger partial charge in [-0.05, 0) is 19.3 Å². The molecule has 2 N–H and O–H groups in total. The van der Waals surface area contributed by atoms with E-state index in [1.807, 2.05) is 7.05 Å². The number of aryl methyl sites for hydroxylation is 1. The maximum Gasteiger partial charge on any atom is 0.163 e. The van der Waals surface area contributed by atoms with Crippen LogP contribution in [0.3, 0.4) is 0 Å². The van der Waals surface area contributed by atoms with E-state index < -0.39 is 0 Å². The average molecular weight is 235 g/mol. The van der Waals surface area contributed by atoms with E-state index in [4.69, 9.17) is 5.11 Å². The van der Waals surface area contributed by atoms with Crippen molar-refractivity contribution < 1.29 is 5.11 Å². The number of fused-ring (bicyclic) bond motifs is 1. The van der Waals surface area contributed by atoms with E-state index in [0.717, 1.165) is 42.7 Å². The Morgan fingerprint density at radius 1 is 1.29 bits per heavy atom. The number of aliphatic hydroxyl groups is 1. The van der Waals surface area contributed by atoms with E-state index in [9.17, 15) is 0 Å². The van der Waals surface area contributed by atoms with Crippen molar-refractivity contribution in [1.29, 1.82) is 0 Å². The fourth-order valence-electron chi connectivity index (χ4n) is 1.72. The second-order valence-electron chi connectivity index (χ2n) is 3.94. The van der Waals surface area contributed by atoms with Crippen LogP contribution in [0.5, 0.6) is 0 Å². The van der Waals surface area contributed by atoms with Gasteiger partial charge in [-0.2, -0.15) is 5.10 Å². The van der Waals surface area contributed by atoms with Gasteiger partial charge < -0.3 is 10.4 Å². The van der Waals surface area contributed by atoms with Crippen LogP contribution < -0.4 is 5.32 Å². The minimum Gasteiger partial charge on any atom is -0.396 e. The molecule has 0 saturated carbocycles. The molecule has 0 aliphatic heterocycles. The summed E-state index contributed by atoms with van der Waals surface area (Å²) in [4.78, 5) is 8.39. The summed E-state index contributed by atoms with van der Waals surface area (Å²) in [6.45, 7) is 1.11. The third kappa shape index (κ3) is 2.71. The van der Waals surface area contributed by atoms with Crippen molar-refractivity contribution in [3.05, 3.63) is 12.5 Å². The lowest BCUT2D eigenvalue weighted by Crippen LogP contribution is -2.04. The highest BCUT2D eigenvalue weighted by molar-refractivity contribution is 5.85. The summed E-state index contributed by atoms with van der Waals surface area (Å²) < 4.78 is 1.73. The molecule has 0 aliphatic carbocycles.